The Morgan fingerprint density at radius 3 is 2.89 bits per heavy atom. The summed E-state index contributed by atoms with van der Waals surface area (Å²) >= 11 is 0. The monoisotopic (exact) mass is 276 g/mol. The molecular formula is C13H12N2O3S. The summed E-state index contributed by atoms with van der Waals surface area (Å²) in [6, 6.07) is 9.93. The molecule has 2 aromatic rings. The minimum absolute atomic E-state index is 0.224. The first kappa shape index (κ1) is 12.0. The first-order valence-electron chi connectivity index (χ1n) is 5.85. The molecule has 0 fully saturated rings. The van der Waals surface area contributed by atoms with Crippen LogP contribution in [0.5, 0.6) is 5.75 Å². The summed E-state index contributed by atoms with van der Waals surface area (Å²) in [5.74, 6) is 1.07. The van der Waals surface area contributed by atoms with Gasteiger partial charge in [0.1, 0.15) is 11.6 Å². The summed E-state index contributed by atoms with van der Waals surface area (Å²) in [7, 11) is -3.60. The van der Waals surface area contributed by atoms with Crippen LogP contribution < -0.4 is 9.46 Å². The van der Waals surface area contributed by atoms with Gasteiger partial charge >= 0.3 is 0 Å². The molecule has 0 saturated heterocycles. The predicted octanol–water partition coefficient (Wildman–Crippen LogP) is 1.82. The third-order valence-electron chi connectivity index (χ3n) is 2.88. The SMILES string of the molecule is O=S(=O)(Nc1ccccn1)c1ccc2c(c1)CCO2. The number of anilines is 1. The first-order chi connectivity index (χ1) is 9.15. The van der Waals surface area contributed by atoms with E-state index in [1.54, 1.807) is 30.3 Å². The highest BCUT2D eigenvalue weighted by Crippen LogP contribution is 2.28. The van der Waals surface area contributed by atoms with Crippen molar-refractivity contribution < 1.29 is 13.2 Å². The molecule has 1 aromatic heterocycles. The van der Waals surface area contributed by atoms with Crippen molar-refractivity contribution in [2.45, 2.75) is 11.3 Å². The Balaban J connectivity index is 1.92. The zero-order valence-electron chi connectivity index (χ0n) is 10.0. The zero-order chi connectivity index (χ0) is 13.3. The van der Waals surface area contributed by atoms with Crippen LogP contribution in [-0.4, -0.2) is 20.0 Å². The lowest BCUT2D eigenvalue weighted by atomic mass is 10.2. The van der Waals surface area contributed by atoms with Crippen molar-refractivity contribution in [3.8, 4) is 5.75 Å². The van der Waals surface area contributed by atoms with E-state index in [0.717, 1.165) is 17.7 Å². The van der Waals surface area contributed by atoms with Crippen molar-refractivity contribution in [2.75, 3.05) is 11.3 Å². The normalized spacial score (nSPS) is 13.7. The summed E-state index contributed by atoms with van der Waals surface area (Å²) in [6.07, 6.45) is 2.27. The zero-order valence-corrected chi connectivity index (χ0v) is 10.9. The highest BCUT2D eigenvalue weighted by molar-refractivity contribution is 7.92. The molecule has 3 rings (SSSR count). The number of nitrogens with one attached hydrogen (secondary N) is 1. The number of aromatic nitrogens is 1. The lowest BCUT2D eigenvalue weighted by Crippen LogP contribution is -2.13. The van der Waals surface area contributed by atoms with Crippen molar-refractivity contribution >= 4 is 15.8 Å². The molecule has 1 aliphatic rings. The molecule has 5 nitrogen and oxygen atoms in total. The van der Waals surface area contributed by atoms with E-state index < -0.39 is 10.0 Å². The van der Waals surface area contributed by atoms with Gasteiger partial charge in [-0.2, -0.15) is 0 Å². The van der Waals surface area contributed by atoms with E-state index in [0.29, 0.717) is 12.4 Å². The Bertz CT molecular complexity index is 699. The Kier molecular flexibility index (Phi) is 2.87. The average Bonchev–Trinajstić information content (AvgIpc) is 2.86. The summed E-state index contributed by atoms with van der Waals surface area (Å²) in [5, 5.41) is 0. The minimum Gasteiger partial charge on any atom is -0.493 e. The van der Waals surface area contributed by atoms with Gasteiger partial charge in [0.05, 0.1) is 11.5 Å². The average molecular weight is 276 g/mol. The van der Waals surface area contributed by atoms with Crippen molar-refractivity contribution in [2.24, 2.45) is 0 Å². The van der Waals surface area contributed by atoms with Crippen LogP contribution in [0.15, 0.2) is 47.5 Å². The second-order valence-electron chi connectivity index (χ2n) is 4.19. The van der Waals surface area contributed by atoms with E-state index in [1.165, 1.54) is 12.3 Å². The van der Waals surface area contributed by atoms with Crippen LogP contribution in [-0.2, 0) is 16.4 Å². The molecule has 0 bridgehead atoms. The van der Waals surface area contributed by atoms with Crippen LogP contribution in [0, 0.1) is 0 Å². The van der Waals surface area contributed by atoms with Gasteiger partial charge < -0.3 is 4.74 Å². The van der Waals surface area contributed by atoms with Gasteiger partial charge in [0.2, 0.25) is 0 Å². The fourth-order valence-electron chi connectivity index (χ4n) is 1.95. The number of ether oxygens (including phenoxy) is 1. The maximum atomic E-state index is 12.2. The van der Waals surface area contributed by atoms with Crippen LogP contribution in [0.4, 0.5) is 5.82 Å². The number of hydrogen-bond acceptors (Lipinski definition) is 4. The van der Waals surface area contributed by atoms with Gasteiger partial charge in [-0.15, -0.1) is 0 Å². The van der Waals surface area contributed by atoms with Crippen molar-refractivity contribution in [1.29, 1.82) is 0 Å². The topological polar surface area (TPSA) is 68.3 Å². The number of fused-ring (bicyclic) bond motifs is 1. The molecule has 0 unspecified atom stereocenters. The maximum Gasteiger partial charge on any atom is 0.263 e. The van der Waals surface area contributed by atoms with Crippen molar-refractivity contribution in [3.63, 3.8) is 0 Å². The molecule has 0 saturated carbocycles. The standard InChI is InChI=1S/C13H12N2O3S/c16-19(17,15-13-3-1-2-7-14-13)11-4-5-12-10(9-11)6-8-18-12/h1-5,7,9H,6,8H2,(H,14,15). The largest absolute Gasteiger partial charge is 0.493 e. The fraction of sp³-hybridized carbons (Fsp3) is 0.154. The van der Waals surface area contributed by atoms with Gasteiger partial charge in [0.15, 0.2) is 0 Å². The van der Waals surface area contributed by atoms with Crippen LogP contribution in [0.2, 0.25) is 0 Å². The molecule has 0 amide bonds. The lowest BCUT2D eigenvalue weighted by Gasteiger charge is -2.08. The van der Waals surface area contributed by atoms with Gasteiger partial charge in [0.25, 0.3) is 10.0 Å². The maximum absolute atomic E-state index is 12.2. The van der Waals surface area contributed by atoms with Gasteiger partial charge in [-0.1, -0.05) is 6.07 Å². The Labute approximate surface area is 111 Å². The number of benzene rings is 1. The molecule has 2 heterocycles. The van der Waals surface area contributed by atoms with Gasteiger partial charge in [-0.25, -0.2) is 13.4 Å². The van der Waals surface area contributed by atoms with E-state index in [4.69, 9.17) is 4.74 Å². The van der Waals surface area contributed by atoms with E-state index in [9.17, 15) is 8.42 Å². The summed E-state index contributed by atoms with van der Waals surface area (Å²) in [6.45, 7) is 0.604. The van der Waals surface area contributed by atoms with Crippen LogP contribution in [0.3, 0.4) is 0 Å². The molecular weight excluding hydrogens is 264 g/mol. The van der Waals surface area contributed by atoms with Gasteiger partial charge in [-0.05, 0) is 35.9 Å². The Morgan fingerprint density at radius 1 is 1.21 bits per heavy atom. The third kappa shape index (κ3) is 2.39. The molecule has 0 aliphatic carbocycles. The third-order valence-corrected chi connectivity index (χ3v) is 4.23. The summed E-state index contributed by atoms with van der Waals surface area (Å²) in [5.41, 5.74) is 0.920. The second-order valence-corrected chi connectivity index (χ2v) is 5.87. The fourth-order valence-corrected chi connectivity index (χ4v) is 3.01. The molecule has 98 valence electrons. The highest BCUT2D eigenvalue weighted by atomic mass is 32.2. The Morgan fingerprint density at radius 2 is 2.11 bits per heavy atom. The summed E-state index contributed by atoms with van der Waals surface area (Å²) in [4.78, 5) is 4.17. The molecule has 1 aromatic carbocycles. The molecule has 6 heteroatoms. The molecule has 1 N–H and O–H groups in total. The number of sulfonamides is 1. The van der Waals surface area contributed by atoms with Crippen LogP contribution in [0.1, 0.15) is 5.56 Å². The molecule has 0 spiro atoms. The number of nitrogens with zero attached hydrogens (tertiary/aromatic N) is 1. The molecule has 19 heavy (non-hydrogen) atoms. The quantitative estimate of drug-likeness (QED) is 0.928. The smallest absolute Gasteiger partial charge is 0.263 e. The minimum atomic E-state index is -3.60. The van der Waals surface area contributed by atoms with Crippen LogP contribution in [0.25, 0.3) is 0 Å². The number of pyridine rings is 1. The molecule has 0 atom stereocenters. The first-order valence-corrected chi connectivity index (χ1v) is 7.33. The van der Waals surface area contributed by atoms with E-state index in [2.05, 4.69) is 9.71 Å². The number of rotatable bonds is 3. The number of hydrogen-bond donors (Lipinski definition) is 1. The van der Waals surface area contributed by atoms with Crippen molar-refractivity contribution in [3.05, 3.63) is 48.2 Å². The van der Waals surface area contributed by atoms with Crippen molar-refractivity contribution in [1.82, 2.24) is 4.98 Å². The van der Waals surface area contributed by atoms with E-state index >= 15 is 0 Å². The predicted molar refractivity (Wildman–Crippen MR) is 70.7 cm³/mol. The highest BCUT2D eigenvalue weighted by Gasteiger charge is 2.19. The van der Waals surface area contributed by atoms with Gasteiger partial charge in [-0.3, -0.25) is 4.72 Å². The van der Waals surface area contributed by atoms with Crippen LogP contribution >= 0.6 is 0 Å². The Hall–Kier alpha value is -2.08. The summed E-state index contributed by atoms with van der Waals surface area (Å²) < 4.78 is 32.2. The van der Waals surface area contributed by atoms with E-state index in [-0.39, 0.29) is 4.90 Å². The van der Waals surface area contributed by atoms with Gasteiger partial charge in [0, 0.05) is 12.6 Å². The molecule has 1 aliphatic heterocycles. The molecule has 0 radical (unpaired) electrons. The van der Waals surface area contributed by atoms with E-state index in [1.807, 2.05) is 0 Å². The lowest BCUT2D eigenvalue weighted by molar-refractivity contribution is 0.356. The second kappa shape index (κ2) is 4.55.